The first kappa shape index (κ1) is 20.6. The molecular weight excluding hydrogens is 416 g/mol. The zero-order valence-corrected chi connectivity index (χ0v) is 17.9. The highest BCUT2D eigenvalue weighted by Gasteiger charge is 2.29. The van der Waals surface area contributed by atoms with Crippen molar-refractivity contribution < 1.29 is 19.1 Å². The molecule has 0 bridgehead atoms. The summed E-state index contributed by atoms with van der Waals surface area (Å²) in [5.74, 6) is -0.725. The number of rotatable bonds is 4. The van der Waals surface area contributed by atoms with Crippen LogP contribution in [0.3, 0.4) is 0 Å². The van der Waals surface area contributed by atoms with E-state index in [9.17, 15) is 14.7 Å². The molecule has 1 aromatic heterocycles. The van der Waals surface area contributed by atoms with Gasteiger partial charge in [-0.05, 0) is 80.4 Å². The average molecular weight is 434 g/mol. The molecule has 1 amide bonds. The van der Waals surface area contributed by atoms with Gasteiger partial charge in [0.1, 0.15) is 11.5 Å². The lowest BCUT2D eigenvalue weighted by molar-refractivity contribution is -0.255. The Morgan fingerprint density at radius 1 is 1.06 bits per heavy atom. The maximum Gasteiger partial charge on any atom is 0.280 e. The third-order valence-corrected chi connectivity index (χ3v) is 5.51. The lowest BCUT2D eigenvalue weighted by Gasteiger charge is -2.13. The number of benzene rings is 2. The minimum atomic E-state index is -1.37. The van der Waals surface area contributed by atoms with E-state index in [0.717, 1.165) is 11.1 Å². The van der Waals surface area contributed by atoms with Gasteiger partial charge in [-0.3, -0.25) is 4.79 Å². The van der Waals surface area contributed by atoms with E-state index in [4.69, 9.17) is 16.0 Å². The quantitative estimate of drug-likeness (QED) is 0.571. The van der Waals surface area contributed by atoms with Crippen LogP contribution in [0, 0.1) is 13.8 Å². The van der Waals surface area contributed by atoms with Crippen LogP contribution in [0.25, 0.3) is 17.4 Å². The van der Waals surface area contributed by atoms with Crippen molar-refractivity contribution in [2.45, 2.75) is 20.8 Å². The summed E-state index contributed by atoms with van der Waals surface area (Å²) in [6.07, 6.45) is 1.63. The second-order valence-electron chi connectivity index (χ2n) is 7.31. The zero-order valence-electron chi connectivity index (χ0n) is 17.1. The topological polar surface area (TPSA) is 85.9 Å². The van der Waals surface area contributed by atoms with Gasteiger partial charge in [-0.25, -0.2) is 0 Å². The van der Waals surface area contributed by atoms with Crippen molar-refractivity contribution >= 4 is 41.0 Å². The summed E-state index contributed by atoms with van der Waals surface area (Å²) in [6, 6.07) is 13.7. The second-order valence-corrected chi connectivity index (χ2v) is 7.72. The Hall–Kier alpha value is -3.64. The number of hydrazone groups is 1. The fraction of sp³-hybridized carbons (Fsp3) is 0.125. The van der Waals surface area contributed by atoms with Gasteiger partial charge in [0.05, 0.1) is 22.9 Å². The van der Waals surface area contributed by atoms with Crippen LogP contribution in [0.2, 0.25) is 5.02 Å². The molecule has 1 aliphatic rings. The van der Waals surface area contributed by atoms with Gasteiger partial charge in [-0.15, -0.1) is 0 Å². The van der Waals surface area contributed by atoms with Gasteiger partial charge >= 0.3 is 0 Å². The number of amides is 1. The van der Waals surface area contributed by atoms with E-state index in [1.54, 1.807) is 31.2 Å². The molecule has 0 saturated heterocycles. The highest BCUT2D eigenvalue weighted by molar-refractivity contribution is 6.33. The van der Waals surface area contributed by atoms with E-state index >= 15 is 0 Å². The minimum Gasteiger partial charge on any atom is -0.545 e. The Labute approximate surface area is 184 Å². The summed E-state index contributed by atoms with van der Waals surface area (Å²) in [5.41, 5.74) is 4.33. The second kappa shape index (κ2) is 7.89. The molecule has 2 aromatic carbocycles. The Morgan fingerprint density at radius 3 is 2.55 bits per heavy atom. The molecule has 2 heterocycles. The van der Waals surface area contributed by atoms with Gasteiger partial charge < -0.3 is 14.3 Å². The van der Waals surface area contributed by atoms with E-state index in [0.29, 0.717) is 34.1 Å². The first-order valence-electron chi connectivity index (χ1n) is 9.54. The number of carbonyl (C=O) groups is 2. The summed E-state index contributed by atoms with van der Waals surface area (Å²) >= 11 is 5.90. The van der Waals surface area contributed by atoms with Crippen molar-refractivity contribution in [2.24, 2.45) is 5.10 Å². The van der Waals surface area contributed by atoms with E-state index in [1.165, 1.54) is 17.1 Å². The fourth-order valence-electron chi connectivity index (χ4n) is 3.28. The highest BCUT2D eigenvalue weighted by atomic mass is 35.5. The summed E-state index contributed by atoms with van der Waals surface area (Å²) < 4.78 is 5.82. The van der Waals surface area contributed by atoms with Crippen LogP contribution < -0.4 is 10.1 Å². The molecule has 0 unspecified atom stereocenters. The zero-order chi connectivity index (χ0) is 22.3. The first-order valence-corrected chi connectivity index (χ1v) is 9.92. The van der Waals surface area contributed by atoms with Crippen molar-refractivity contribution in [3.63, 3.8) is 0 Å². The summed E-state index contributed by atoms with van der Waals surface area (Å²) in [6.45, 7) is 5.76. The molecule has 0 spiro atoms. The van der Waals surface area contributed by atoms with Crippen LogP contribution in [0.1, 0.15) is 34.2 Å². The Kier molecular flexibility index (Phi) is 5.25. The molecule has 0 N–H and O–H groups in total. The van der Waals surface area contributed by atoms with Gasteiger partial charge in [-0.2, -0.15) is 10.1 Å². The standard InChI is InChI=1S/C24H19ClN2O4/c1-13-4-6-17(10-14(13)2)27-23(28)19(15(3)26-27)12-18-7-9-22(31-18)16-5-8-21(25)20(11-16)24(29)30/h4-12H,1-3H3,(H,29,30)/p-1. The van der Waals surface area contributed by atoms with Crippen molar-refractivity contribution in [2.75, 3.05) is 5.01 Å². The number of carboxylic acid groups (broad SMARTS) is 1. The monoisotopic (exact) mass is 433 g/mol. The molecule has 0 fully saturated rings. The number of aromatic carboxylic acids is 1. The van der Waals surface area contributed by atoms with Crippen LogP contribution in [-0.4, -0.2) is 17.6 Å². The normalized spacial score (nSPS) is 15.0. The smallest absolute Gasteiger partial charge is 0.280 e. The molecule has 0 atom stereocenters. The Bertz CT molecular complexity index is 1290. The van der Waals surface area contributed by atoms with Crippen LogP contribution in [0.4, 0.5) is 5.69 Å². The maximum absolute atomic E-state index is 13.0. The highest BCUT2D eigenvalue weighted by Crippen LogP contribution is 2.30. The maximum atomic E-state index is 13.0. The Balaban J connectivity index is 1.63. The summed E-state index contributed by atoms with van der Waals surface area (Å²) in [5, 5.41) is 17.1. The van der Waals surface area contributed by atoms with Gasteiger partial charge in [0.25, 0.3) is 5.91 Å². The van der Waals surface area contributed by atoms with E-state index in [2.05, 4.69) is 5.10 Å². The lowest BCUT2D eigenvalue weighted by Crippen LogP contribution is -2.22. The number of carbonyl (C=O) groups excluding carboxylic acids is 2. The number of furan rings is 1. The average Bonchev–Trinajstić information content (AvgIpc) is 3.30. The molecule has 3 aromatic rings. The summed E-state index contributed by atoms with van der Waals surface area (Å²) in [7, 11) is 0. The van der Waals surface area contributed by atoms with Gasteiger partial charge in [0.15, 0.2) is 0 Å². The first-order chi connectivity index (χ1) is 14.7. The summed E-state index contributed by atoms with van der Waals surface area (Å²) in [4.78, 5) is 24.2. The minimum absolute atomic E-state index is 0.0903. The number of carboxylic acids is 1. The molecular formula is C24H18ClN2O4-. The van der Waals surface area contributed by atoms with Crippen LogP contribution in [0.5, 0.6) is 0 Å². The molecule has 0 aliphatic carbocycles. The van der Waals surface area contributed by atoms with Crippen molar-refractivity contribution in [1.29, 1.82) is 0 Å². The van der Waals surface area contributed by atoms with Crippen LogP contribution in [0.15, 0.2) is 63.6 Å². The van der Waals surface area contributed by atoms with Gasteiger partial charge in [-0.1, -0.05) is 17.7 Å². The molecule has 4 rings (SSSR count). The number of hydrogen-bond acceptors (Lipinski definition) is 5. The van der Waals surface area contributed by atoms with Crippen molar-refractivity contribution in [3.8, 4) is 11.3 Å². The van der Waals surface area contributed by atoms with Crippen LogP contribution >= 0.6 is 11.6 Å². The van der Waals surface area contributed by atoms with Crippen LogP contribution in [-0.2, 0) is 4.79 Å². The van der Waals surface area contributed by atoms with E-state index < -0.39 is 5.97 Å². The molecule has 1 aliphatic heterocycles. The molecule has 0 saturated carbocycles. The fourth-order valence-corrected chi connectivity index (χ4v) is 3.47. The number of anilines is 1. The van der Waals surface area contributed by atoms with Gasteiger partial charge in [0.2, 0.25) is 0 Å². The molecule has 0 radical (unpaired) electrons. The van der Waals surface area contributed by atoms with E-state index in [1.807, 2.05) is 32.0 Å². The van der Waals surface area contributed by atoms with Gasteiger partial charge in [0, 0.05) is 16.1 Å². The van der Waals surface area contributed by atoms with E-state index in [-0.39, 0.29) is 16.5 Å². The number of nitrogens with zero attached hydrogens (tertiary/aromatic N) is 2. The SMILES string of the molecule is CC1=NN(c2ccc(C)c(C)c2)C(=O)C1=Cc1ccc(-c2ccc(Cl)c(C(=O)[O-])c2)o1. The Morgan fingerprint density at radius 2 is 1.84 bits per heavy atom. The molecule has 156 valence electrons. The number of aryl methyl sites for hydroxylation is 2. The lowest BCUT2D eigenvalue weighted by atomic mass is 10.1. The van der Waals surface area contributed by atoms with Crippen molar-refractivity contribution in [3.05, 3.63) is 81.6 Å². The van der Waals surface area contributed by atoms with Crippen molar-refractivity contribution in [1.82, 2.24) is 0 Å². The largest absolute Gasteiger partial charge is 0.545 e. The predicted octanol–water partition coefficient (Wildman–Crippen LogP) is 4.39. The number of hydrogen-bond donors (Lipinski definition) is 0. The molecule has 7 heteroatoms. The molecule has 31 heavy (non-hydrogen) atoms. The number of halogens is 1. The third-order valence-electron chi connectivity index (χ3n) is 5.18. The molecule has 6 nitrogen and oxygen atoms in total. The predicted molar refractivity (Wildman–Crippen MR) is 118 cm³/mol. The third kappa shape index (κ3) is 3.90.